The van der Waals surface area contributed by atoms with Gasteiger partial charge in [-0.3, -0.25) is 10.1 Å². The van der Waals surface area contributed by atoms with Crippen LogP contribution in [0.15, 0.2) is 10.3 Å². The maximum Gasteiger partial charge on any atom is 0.304 e. The zero-order chi connectivity index (χ0) is 11.8. The van der Waals surface area contributed by atoms with Gasteiger partial charge in [-0.15, -0.1) is 0 Å². The number of nitrogens with zero attached hydrogens (tertiary/aromatic N) is 2. The molecule has 0 radical (unpaired) electrons. The third-order valence-electron chi connectivity index (χ3n) is 1.64. The Morgan fingerprint density at radius 2 is 2.00 bits per heavy atom. The molecule has 1 aromatic rings. The van der Waals surface area contributed by atoms with E-state index in [-0.39, 0.29) is 9.90 Å². The molecule has 0 N–H and O–H groups in total. The van der Waals surface area contributed by atoms with Crippen molar-refractivity contribution in [3.63, 3.8) is 0 Å². The summed E-state index contributed by atoms with van der Waals surface area (Å²) >= 11 is 0.899. The molecule has 0 aliphatic rings. The summed E-state index contributed by atoms with van der Waals surface area (Å²) in [5.41, 5.74) is -0.176. The Morgan fingerprint density at radius 3 is 2.27 bits per heavy atom. The minimum Gasteiger partial charge on any atom is -0.364 e. The van der Waals surface area contributed by atoms with Gasteiger partial charge in [0.2, 0.25) is 0 Å². The van der Waals surface area contributed by atoms with E-state index in [1.807, 2.05) is 0 Å². The smallest absolute Gasteiger partial charge is 0.304 e. The number of nitro groups is 1. The lowest BCUT2D eigenvalue weighted by Crippen LogP contribution is -2.08. The molecule has 0 bridgehead atoms. The first kappa shape index (κ1) is 11.9. The first-order chi connectivity index (χ1) is 6.73. The summed E-state index contributed by atoms with van der Waals surface area (Å²) in [7, 11) is -0.124. The number of thiophene rings is 1. The second-order valence-electron chi connectivity index (χ2n) is 3.18. The van der Waals surface area contributed by atoms with Crippen molar-refractivity contribution in [2.75, 3.05) is 25.3 Å². The molecule has 0 fully saturated rings. The van der Waals surface area contributed by atoms with Crippen LogP contribution in [0, 0.1) is 10.1 Å². The van der Waals surface area contributed by atoms with Gasteiger partial charge in [0.15, 0.2) is 14.8 Å². The fourth-order valence-electron chi connectivity index (χ4n) is 0.984. The van der Waals surface area contributed by atoms with Gasteiger partial charge < -0.3 is 4.90 Å². The molecular weight excluding hydrogens is 240 g/mol. The largest absolute Gasteiger partial charge is 0.364 e. The molecule has 84 valence electrons. The van der Waals surface area contributed by atoms with Crippen LogP contribution in [-0.2, 0) is 9.84 Å². The van der Waals surface area contributed by atoms with Crippen molar-refractivity contribution in [2.24, 2.45) is 0 Å². The van der Waals surface area contributed by atoms with Crippen LogP contribution in [0.4, 0.5) is 10.7 Å². The summed E-state index contributed by atoms with van der Waals surface area (Å²) in [5, 5.41) is 11.0. The second-order valence-corrected chi connectivity index (χ2v) is 6.45. The van der Waals surface area contributed by atoms with Crippen LogP contribution in [-0.4, -0.2) is 33.7 Å². The van der Waals surface area contributed by atoms with E-state index in [9.17, 15) is 18.5 Å². The van der Waals surface area contributed by atoms with Crippen molar-refractivity contribution < 1.29 is 13.3 Å². The lowest BCUT2D eigenvalue weighted by molar-refractivity contribution is -0.383. The number of sulfone groups is 1. The van der Waals surface area contributed by atoms with E-state index >= 15 is 0 Å². The highest BCUT2D eigenvalue weighted by atomic mass is 32.2. The molecular formula is C7H10N2O4S2. The van der Waals surface area contributed by atoms with Crippen LogP contribution in [0.1, 0.15) is 0 Å². The second kappa shape index (κ2) is 3.78. The van der Waals surface area contributed by atoms with Crippen LogP contribution < -0.4 is 4.90 Å². The van der Waals surface area contributed by atoms with Gasteiger partial charge in [0.25, 0.3) is 0 Å². The van der Waals surface area contributed by atoms with Crippen LogP contribution in [0.25, 0.3) is 0 Å². The Kier molecular flexibility index (Phi) is 3.00. The van der Waals surface area contributed by atoms with Gasteiger partial charge >= 0.3 is 5.69 Å². The number of hydrogen-bond donors (Lipinski definition) is 0. The highest BCUT2D eigenvalue weighted by Crippen LogP contribution is 2.38. The van der Waals surface area contributed by atoms with Gasteiger partial charge in [-0.05, 0) is 0 Å². The average Bonchev–Trinajstić information content (AvgIpc) is 2.45. The summed E-state index contributed by atoms with van der Waals surface area (Å²) < 4.78 is 22.4. The van der Waals surface area contributed by atoms with E-state index in [0.29, 0.717) is 5.00 Å². The Morgan fingerprint density at radius 1 is 1.47 bits per heavy atom. The molecule has 0 unspecified atom stereocenters. The van der Waals surface area contributed by atoms with E-state index < -0.39 is 14.8 Å². The zero-order valence-corrected chi connectivity index (χ0v) is 10.1. The van der Waals surface area contributed by atoms with Crippen LogP contribution >= 0.6 is 11.3 Å². The SMILES string of the molecule is CN(C)c1sc(S(C)(=O)=O)cc1[N+](=O)[O-]. The van der Waals surface area contributed by atoms with E-state index in [1.54, 1.807) is 14.1 Å². The van der Waals surface area contributed by atoms with Crippen molar-refractivity contribution in [1.29, 1.82) is 0 Å². The summed E-state index contributed by atoms with van der Waals surface area (Å²) in [6.07, 6.45) is 1.03. The molecule has 6 nitrogen and oxygen atoms in total. The summed E-state index contributed by atoms with van der Waals surface area (Å²) in [6, 6.07) is 1.09. The molecule has 0 atom stereocenters. The van der Waals surface area contributed by atoms with Crippen molar-refractivity contribution in [3.8, 4) is 0 Å². The topological polar surface area (TPSA) is 80.5 Å². The van der Waals surface area contributed by atoms with Gasteiger partial charge in [0, 0.05) is 26.4 Å². The van der Waals surface area contributed by atoms with Gasteiger partial charge in [0.1, 0.15) is 4.21 Å². The number of anilines is 1. The fourth-order valence-corrected chi connectivity index (χ4v) is 2.93. The number of hydrogen-bond acceptors (Lipinski definition) is 6. The fraction of sp³-hybridized carbons (Fsp3) is 0.429. The molecule has 15 heavy (non-hydrogen) atoms. The minimum atomic E-state index is -3.38. The highest BCUT2D eigenvalue weighted by molar-refractivity contribution is 7.92. The average molecular weight is 250 g/mol. The van der Waals surface area contributed by atoms with E-state index in [4.69, 9.17) is 0 Å². The lowest BCUT2D eigenvalue weighted by Gasteiger charge is -2.07. The Labute approximate surface area is 91.2 Å². The van der Waals surface area contributed by atoms with Crippen LogP contribution in [0.2, 0.25) is 0 Å². The highest BCUT2D eigenvalue weighted by Gasteiger charge is 2.24. The molecule has 0 aliphatic heterocycles. The molecule has 0 aromatic carbocycles. The minimum absolute atomic E-state index is 0.0119. The van der Waals surface area contributed by atoms with Crippen molar-refractivity contribution in [2.45, 2.75) is 4.21 Å². The first-order valence-corrected chi connectivity index (χ1v) is 6.60. The molecule has 0 aliphatic carbocycles. The Hall–Kier alpha value is -1.15. The maximum absolute atomic E-state index is 11.2. The van der Waals surface area contributed by atoms with Crippen molar-refractivity contribution >= 4 is 31.9 Å². The molecule has 0 amide bonds. The molecule has 0 saturated carbocycles. The van der Waals surface area contributed by atoms with Gasteiger partial charge in [-0.25, -0.2) is 8.42 Å². The quantitative estimate of drug-likeness (QED) is 0.593. The Bertz CT molecular complexity index is 489. The summed E-state index contributed by atoms with van der Waals surface area (Å²) in [4.78, 5) is 11.6. The monoisotopic (exact) mass is 250 g/mol. The molecule has 1 rings (SSSR count). The normalized spacial score (nSPS) is 11.4. The van der Waals surface area contributed by atoms with Crippen molar-refractivity contribution in [1.82, 2.24) is 0 Å². The number of rotatable bonds is 3. The third kappa shape index (κ3) is 2.45. The molecule has 1 aromatic heterocycles. The van der Waals surface area contributed by atoms with Crippen LogP contribution in [0.3, 0.4) is 0 Å². The Balaban J connectivity index is 3.41. The third-order valence-corrected chi connectivity index (χ3v) is 4.73. The van der Waals surface area contributed by atoms with Crippen molar-refractivity contribution in [3.05, 3.63) is 16.2 Å². The predicted molar refractivity (Wildman–Crippen MR) is 58.4 cm³/mol. The standard InChI is InChI=1S/C7H10N2O4S2/c1-8(2)7-5(9(10)11)4-6(14-7)15(3,12)13/h4H,1-3H3. The van der Waals surface area contributed by atoms with Gasteiger partial charge in [-0.1, -0.05) is 11.3 Å². The van der Waals surface area contributed by atoms with Gasteiger partial charge in [0.05, 0.1) is 4.92 Å². The molecule has 8 heteroatoms. The summed E-state index contributed by atoms with van der Waals surface area (Å²) in [6.45, 7) is 0. The lowest BCUT2D eigenvalue weighted by atomic mass is 10.5. The van der Waals surface area contributed by atoms with Crippen LogP contribution in [0.5, 0.6) is 0 Å². The van der Waals surface area contributed by atoms with E-state index in [0.717, 1.165) is 23.7 Å². The molecule has 0 saturated heterocycles. The molecule has 0 spiro atoms. The maximum atomic E-state index is 11.2. The predicted octanol–water partition coefficient (Wildman–Crippen LogP) is 1.13. The zero-order valence-electron chi connectivity index (χ0n) is 8.42. The first-order valence-electron chi connectivity index (χ1n) is 3.89. The summed E-state index contributed by atoms with van der Waals surface area (Å²) in [5.74, 6) is 0. The van der Waals surface area contributed by atoms with E-state index in [2.05, 4.69) is 0 Å². The molecule has 1 heterocycles. The van der Waals surface area contributed by atoms with Gasteiger partial charge in [-0.2, -0.15) is 0 Å². The van der Waals surface area contributed by atoms with E-state index in [1.165, 1.54) is 4.90 Å².